The fourth-order valence-electron chi connectivity index (χ4n) is 2.74. The predicted molar refractivity (Wildman–Crippen MR) is 94.1 cm³/mol. The Morgan fingerprint density at radius 2 is 1.96 bits per heavy atom. The second kappa shape index (κ2) is 7.38. The molecule has 5 nitrogen and oxygen atoms in total. The Labute approximate surface area is 138 Å². The van der Waals surface area contributed by atoms with Crippen molar-refractivity contribution < 1.29 is 8.42 Å². The van der Waals surface area contributed by atoms with Crippen molar-refractivity contribution in [1.82, 2.24) is 14.6 Å². The third-order valence-electron chi connectivity index (χ3n) is 4.10. The van der Waals surface area contributed by atoms with Gasteiger partial charge in [-0.2, -0.15) is 0 Å². The minimum Gasteiger partial charge on any atom is -0.300 e. The maximum absolute atomic E-state index is 12.7. The fraction of sp³-hybridized carbons (Fsp3) is 0.471. The number of benzene rings is 1. The molecule has 126 valence electrons. The van der Waals surface area contributed by atoms with Crippen LogP contribution in [0.3, 0.4) is 0 Å². The van der Waals surface area contributed by atoms with Crippen LogP contribution >= 0.6 is 0 Å². The highest BCUT2D eigenvalue weighted by atomic mass is 32.2. The molecule has 1 aromatic heterocycles. The van der Waals surface area contributed by atoms with Gasteiger partial charge >= 0.3 is 0 Å². The smallest absolute Gasteiger partial charge is 0.242 e. The first-order valence-corrected chi connectivity index (χ1v) is 9.46. The van der Waals surface area contributed by atoms with Gasteiger partial charge in [0.25, 0.3) is 0 Å². The quantitative estimate of drug-likeness (QED) is 0.845. The van der Waals surface area contributed by atoms with Crippen LogP contribution in [0.5, 0.6) is 0 Å². The van der Waals surface area contributed by atoms with Gasteiger partial charge in [-0.25, -0.2) is 13.1 Å². The lowest BCUT2D eigenvalue weighted by Gasteiger charge is -2.26. The molecule has 0 fully saturated rings. The summed E-state index contributed by atoms with van der Waals surface area (Å²) in [5, 5.41) is 0.838. The maximum Gasteiger partial charge on any atom is 0.242 e. The van der Waals surface area contributed by atoms with Crippen molar-refractivity contribution in [3.05, 3.63) is 36.0 Å². The number of likely N-dealkylation sites (N-methyl/N-ethyl adjacent to an activating group) is 1. The molecule has 0 aliphatic heterocycles. The van der Waals surface area contributed by atoms with E-state index < -0.39 is 10.0 Å². The Morgan fingerprint density at radius 1 is 1.26 bits per heavy atom. The third-order valence-corrected chi connectivity index (χ3v) is 5.56. The van der Waals surface area contributed by atoms with Crippen LogP contribution in [0.25, 0.3) is 10.9 Å². The molecule has 0 radical (unpaired) electrons. The summed E-state index contributed by atoms with van der Waals surface area (Å²) in [4.78, 5) is 6.77. The Balaban J connectivity index is 2.27. The lowest BCUT2D eigenvalue weighted by molar-refractivity contribution is 0.232. The van der Waals surface area contributed by atoms with E-state index in [-0.39, 0.29) is 10.9 Å². The molecular weight excluding hydrogens is 310 g/mol. The van der Waals surface area contributed by atoms with Gasteiger partial charge in [-0.05, 0) is 44.6 Å². The average Bonchev–Trinajstić information content (AvgIpc) is 2.53. The molecule has 1 N–H and O–H groups in total. The summed E-state index contributed by atoms with van der Waals surface area (Å²) in [6.07, 6.45) is 1.69. The van der Waals surface area contributed by atoms with Crippen LogP contribution in [-0.2, 0) is 10.0 Å². The van der Waals surface area contributed by atoms with Crippen molar-refractivity contribution in [2.24, 2.45) is 0 Å². The standard InChI is InChI=1S/C17H25N3O2S/c1-5-20(6-2)14(4)12-19-23(21,22)16-9-7-8-15-10-13(3)11-18-17(15)16/h7-11,14,19H,5-6,12H2,1-4H3/t14-/m0/s1. The molecule has 0 bridgehead atoms. The zero-order valence-corrected chi connectivity index (χ0v) is 15.0. The molecule has 1 aromatic carbocycles. The van der Waals surface area contributed by atoms with E-state index in [0.29, 0.717) is 12.1 Å². The molecule has 2 rings (SSSR count). The largest absolute Gasteiger partial charge is 0.300 e. The van der Waals surface area contributed by atoms with E-state index in [2.05, 4.69) is 28.5 Å². The van der Waals surface area contributed by atoms with Crippen molar-refractivity contribution in [2.75, 3.05) is 19.6 Å². The van der Waals surface area contributed by atoms with Crippen LogP contribution in [0, 0.1) is 6.92 Å². The van der Waals surface area contributed by atoms with Gasteiger partial charge in [-0.3, -0.25) is 9.88 Å². The van der Waals surface area contributed by atoms with Crippen LogP contribution in [0.15, 0.2) is 35.4 Å². The number of hydrogen-bond donors (Lipinski definition) is 1. The molecule has 0 saturated carbocycles. The van der Waals surface area contributed by atoms with E-state index in [0.717, 1.165) is 24.0 Å². The first-order valence-electron chi connectivity index (χ1n) is 7.98. The number of nitrogens with zero attached hydrogens (tertiary/aromatic N) is 2. The van der Waals surface area contributed by atoms with E-state index in [9.17, 15) is 8.42 Å². The van der Waals surface area contributed by atoms with Crippen molar-refractivity contribution in [2.45, 2.75) is 38.6 Å². The highest BCUT2D eigenvalue weighted by Gasteiger charge is 2.20. The molecule has 6 heteroatoms. The molecule has 0 aliphatic rings. The summed E-state index contributed by atoms with van der Waals surface area (Å²) in [7, 11) is -3.58. The van der Waals surface area contributed by atoms with Crippen LogP contribution in [0.2, 0.25) is 0 Å². The Bertz CT molecular complexity index is 771. The monoisotopic (exact) mass is 335 g/mol. The van der Waals surface area contributed by atoms with Crippen molar-refractivity contribution in [1.29, 1.82) is 0 Å². The lowest BCUT2D eigenvalue weighted by atomic mass is 10.2. The number of hydrogen-bond acceptors (Lipinski definition) is 4. The predicted octanol–water partition coefficient (Wildman–Crippen LogP) is 2.55. The van der Waals surface area contributed by atoms with Crippen molar-refractivity contribution in [3.63, 3.8) is 0 Å². The number of sulfonamides is 1. The van der Waals surface area contributed by atoms with Gasteiger partial charge in [-0.1, -0.05) is 26.0 Å². The fourth-order valence-corrected chi connectivity index (χ4v) is 4.04. The number of nitrogens with one attached hydrogen (secondary N) is 1. The van der Waals surface area contributed by atoms with Crippen LogP contribution in [0.1, 0.15) is 26.3 Å². The first kappa shape index (κ1) is 17.8. The maximum atomic E-state index is 12.7. The number of para-hydroxylation sites is 1. The van der Waals surface area contributed by atoms with Crippen molar-refractivity contribution >= 4 is 20.9 Å². The van der Waals surface area contributed by atoms with E-state index in [4.69, 9.17) is 0 Å². The highest BCUT2D eigenvalue weighted by Crippen LogP contribution is 2.21. The molecule has 23 heavy (non-hydrogen) atoms. The van der Waals surface area contributed by atoms with E-state index in [1.54, 1.807) is 18.3 Å². The summed E-state index contributed by atoms with van der Waals surface area (Å²) in [5.41, 5.74) is 1.52. The second-order valence-corrected chi connectivity index (χ2v) is 7.50. The lowest BCUT2D eigenvalue weighted by Crippen LogP contribution is -2.42. The Morgan fingerprint density at radius 3 is 2.61 bits per heavy atom. The highest BCUT2D eigenvalue weighted by molar-refractivity contribution is 7.89. The first-order chi connectivity index (χ1) is 10.9. The normalized spacial score (nSPS) is 13.6. The molecule has 2 aromatic rings. The minimum atomic E-state index is -3.58. The summed E-state index contributed by atoms with van der Waals surface area (Å²) in [5.74, 6) is 0. The Kier molecular flexibility index (Phi) is 5.73. The zero-order chi connectivity index (χ0) is 17.0. The van der Waals surface area contributed by atoms with Crippen LogP contribution in [0.4, 0.5) is 0 Å². The Hall–Kier alpha value is -1.50. The minimum absolute atomic E-state index is 0.143. The average molecular weight is 335 g/mol. The number of fused-ring (bicyclic) bond motifs is 1. The summed E-state index contributed by atoms with van der Waals surface area (Å²) < 4.78 is 28.1. The molecular formula is C17H25N3O2S. The molecule has 0 aliphatic carbocycles. The van der Waals surface area contributed by atoms with Crippen LogP contribution in [-0.4, -0.2) is 44.0 Å². The molecule has 0 saturated heterocycles. The van der Waals surface area contributed by atoms with Gasteiger partial charge in [0.1, 0.15) is 4.90 Å². The van der Waals surface area contributed by atoms with Gasteiger partial charge < -0.3 is 0 Å². The second-order valence-electron chi connectivity index (χ2n) is 5.76. The van der Waals surface area contributed by atoms with Gasteiger partial charge in [0.05, 0.1) is 5.52 Å². The molecule has 0 amide bonds. The third kappa shape index (κ3) is 4.07. The summed E-state index contributed by atoms with van der Waals surface area (Å²) in [6, 6.07) is 7.33. The topological polar surface area (TPSA) is 62.3 Å². The number of aryl methyl sites for hydroxylation is 1. The molecule has 0 spiro atoms. The van der Waals surface area contributed by atoms with Gasteiger partial charge in [-0.15, -0.1) is 0 Å². The van der Waals surface area contributed by atoms with Gasteiger partial charge in [0, 0.05) is 24.2 Å². The van der Waals surface area contributed by atoms with E-state index >= 15 is 0 Å². The van der Waals surface area contributed by atoms with Crippen LogP contribution < -0.4 is 4.72 Å². The molecule has 1 heterocycles. The zero-order valence-electron chi connectivity index (χ0n) is 14.2. The number of aromatic nitrogens is 1. The number of rotatable bonds is 7. The number of pyridine rings is 1. The summed E-state index contributed by atoms with van der Waals surface area (Å²) >= 11 is 0. The van der Waals surface area contributed by atoms with E-state index in [1.807, 2.05) is 26.0 Å². The van der Waals surface area contributed by atoms with Gasteiger partial charge in [0.2, 0.25) is 10.0 Å². The van der Waals surface area contributed by atoms with Crippen molar-refractivity contribution in [3.8, 4) is 0 Å². The summed E-state index contributed by atoms with van der Waals surface area (Å²) in [6.45, 7) is 10.3. The van der Waals surface area contributed by atoms with E-state index in [1.165, 1.54) is 0 Å². The molecule has 1 atom stereocenters. The SMILES string of the molecule is CCN(CC)[C@@H](C)CNS(=O)(=O)c1cccc2cc(C)cnc12. The molecule has 0 unspecified atom stereocenters. The van der Waals surface area contributed by atoms with Gasteiger partial charge in [0.15, 0.2) is 0 Å².